The van der Waals surface area contributed by atoms with Crippen molar-refractivity contribution in [1.82, 2.24) is 10.6 Å². The molecular weight excluding hydrogens is 336 g/mol. The van der Waals surface area contributed by atoms with Gasteiger partial charge in [0, 0.05) is 6.92 Å². The number of nitrogens with one attached hydrogen (secondary N) is 2. The van der Waals surface area contributed by atoms with Crippen LogP contribution in [0.15, 0.2) is 45.3 Å². The Hall–Kier alpha value is -2.21. The van der Waals surface area contributed by atoms with E-state index in [0.29, 0.717) is 9.93 Å². The molecule has 0 saturated heterocycles. The predicted molar refractivity (Wildman–Crippen MR) is 103 cm³/mol. The summed E-state index contributed by atoms with van der Waals surface area (Å²) in [4.78, 5) is 24.6. The first-order chi connectivity index (χ1) is 11.6. The fraction of sp³-hybridized carbons (Fsp3) is 0.368. The topological polar surface area (TPSA) is 78.4 Å². The number of carbonyl (C=O) groups is 2. The van der Waals surface area contributed by atoms with Gasteiger partial charge in [-0.25, -0.2) is 0 Å². The van der Waals surface area contributed by atoms with Crippen molar-refractivity contribution in [3.63, 3.8) is 0 Å². The molecule has 1 rings (SSSR count). The molecule has 1 atom stereocenters. The molecule has 0 aromatic heterocycles. The Morgan fingerprint density at radius 2 is 1.56 bits per heavy atom. The summed E-state index contributed by atoms with van der Waals surface area (Å²) >= 11 is 1.26. The van der Waals surface area contributed by atoms with Gasteiger partial charge in [0.15, 0.2) is 0 Å². The number of phenols is 1. The molecule has 25 heavy (non-hydrogen) atoms. The zero-order chi connectivity index (χ0) is 19.1. The Morgan fingerprint density at radius 1 is 1.00 bits per heavy atom. The van der Waals surface area contributed by atoms with Crippen LogP contribution in [0.25, 0.3) is 0 Å². The van der Waals surface area contributed by atoms with Gasteiger partial charge in [0.25, 0.3) is 5.91 Å². The molecule has 1 aromatic rings. The molecule has 1 unspecified atom stereocenters. The van der Waals surface area contributed by atoms with Crippen LogP contribution in [-0.4, -0.2) is 16.9 Å². The number of hydrogen-bond acceptors (Lipinski definition) is 4. The average Bonchev–Trinajstić information content (AvgIpc) is 2.50. The molecular formula is C19H26N2O3S. The van der Waals surface area contributed by atoms with Crippen LogP contribution in [0, 0.1) is 0 Å². The van der Waals surface area contributed by atoms with Crippen molar-refractivity contribution >= 4 is 23.6 Å². The highest BCUT2D eigenvalue weighted by Crippen LogP contribution is 2.29. The largest absolute Gasteiger partial charge is 0.508 e. The van der Waals surface area contributed by atoms with Crippen LogP contribution in [-0.2, 0) is 9.59 Å². The van der Waals surface area contributed by atoms with Crippen LogP contribution in [0.5, 0.6) is 5.75 Å². The van der Waals surface area contributed by atoms with Gasteiger partial charge in [0.05, 0.1) is 16.0 Å². The third-order valence-corrected chi connectivity index (χ3v) is 4.86. The SMILES string of the molecule is CC(=O)NC(SC(C(=O)NC(C)c1ccc(O)cc1)=C(C)C)=C(C)C. The molecule has 0 aliphatic heterocycles. The fourth-order valence-corrected chi connectivity index (χ4v) is 2.96. The molecule has 0 saturated carbocycles. The minimum absolute atomic E-state index is 0.172. The molecule has 0 spiro atoms. The van der Waals surface area contributed by atoms with Gasteiger partial charge in [-0.15, -0.1) is 0 Å². The van der Waals surface area contributed by atoms with Crippen LogP contribution in [0.4, 0.5) is 0 Å². The second kappa shape index (κ2) is 9.32. The van der Waals surface area contributed by atoms with Gasteiger partial charge in [0.2, 0.25) is 5.91 Å². The van der Waals surface area contributed by atoms with E-state index in [-0.39, 0.29) is 23.6 Å². The first-order valence-corrected chi connectivity index (χ1v) is 8.83. The van der Waals surface area contributed by atoms with Crippen molar-refractivity contribution in [2.24, 2.45) is 0 Å². The zero-order valence-electron chi connectivity index (χ0n) is 15.6. The predicted octanol–water partition coefficient (Wildman–Crippen LogP) is 3.98. The molecule has 1 aromatic carbocycles. The first kappa shape index (κ1) is 20.8. The van der Waals surface area contributed by atoms with E-state index in [2.05, 4.69) is 10.6 Å². The smallest absolute Gasteiger partial charge is 0.258 e. The third-order valence-electron chi connectivity index (χ3n) is 3.35. The van der Waals surface area contributed by atoms with E-state index in [1.54, 1.807) is 24.3 Å². The summed E-state index contributed by atoms with van der Waals surface area (Å²) in [6, 6.07) is 6.52. The van der Waals surface area contributed by atoms with Crippen LogP contribution in [0.3, 0.4) is 0 Å². The normalized spacial score (nSPS) is 11.3. The number of aromatic hydroxyl groups is 1. The molecule has 0 heterocycles. The Kier molecular flexibility index (Phi) is 7.77. The average molecular weight is 362 g/mol. The highest BCUT2D eigenvalue weighted by atomic mass is 32.2. The maximum Gasteiger partial charge on any atom is 0.258 e. The lowest BCUT2D eigenvalue weighted by Crippen LogP contribution is -2.28. The highest BCUT2D eigenvalue weighted by molar-refractivity contribution is 8.07. The lowest BCUT2D eigenvalue weighted by molar-refractivity contribution is -0.118. The van der Waals surface area contributed by atoms with E-state index < -0.39 is 0 Å². The van der Waals surface area contributed by atoms with Crippen molar-refractivity contribution in [2.75, 3.05) is 0 Å². The van der Waals surface area contributed by atoms with Gasteiger partial charge in [-0.05, 0) is 57.9 Å². The van der Waals surface area contributed by atoms with Crippen molar-refractivity contribution < 1.29 is 14.7 Å². The number of carbonyl (C=O) groups excluding carboxylic acids is 2. The first-order valence-electron chi connectivity index (χ1n) is 8.02. The molecule has 0 aliphatic carbocycles. The number of allylic oxidation sites excluding steroid dienone is 2. The monoisotopic (exact) mass is 362 g/mol. The van der Waals surface area contributed by atoms with Gasteiger partial charge < -0.3 is 15.7 Å². The van der Waals surface area contributed by atoms with Crippen molar-refractivity contribution in [2.45, 2.75) is 47.6 Å². The summed E-state index contributed by atoms with van der Waals surface area (Å²) in [5, 5.41) is 15.8. The lowest BCUT2D eigenvalue weighted by Gasteiger charge is -2.18. The number of benzene rings is 1. The maximum atomic E-state index is 12.7. The van der Waals surface area contributed by atoms with Gasteiger partial charge in [-0.3, -0.25) is 9.59 Å². The molecule has 0 aliphatic rings. The van der Waals surface area contributed by atoms with E-state index >= 15 is 0 Å². The molecule has 136 valence electrons. The summed E-state index contributed by atoms with van der Waals surface area (Å²) in [5.41, 5.74) is 2.69. The van der Waals surface area contributed by atoms with Crippen LogP contribution in [0.2, 0.25) is 0 Å². The molecule has 0 bridgehead atoms. The van der Waals surface area contributed by atoms with Crippen molar-refractivity contribution in [3.05, 3.63) is 50.9 Å². The molecule has 0 radical (unpaired) electrons. The Balaban J connectivity index is 2.94. The molecule has 5 nitrogen and oxygen atoms in total. The number of thioether (sulfide) groups is 1. The second-order valence-corrected chi connectivity index (χ2v) is 7.25. The second-order valence-electron chi connectivity index (χ2n) is 6.23. The summed E-state index contributed by atoms with van der Waals surface area (Å²) in [6.45, 7) is 10.8. The quantitative estimate of drug-likeness (QED) is 0.669. The molecule has 2 amide bonds. The Labute approximate surface area is 153 Å². The van der Waals surface area contributed by atoms with Gasteiger partial charge in [-0.2, -0.15) is 0 Å². The van der Waals surface area contributed by atoms with Gasteiger partial charge >= 0.3 is 0 Å². The summed E-state index contributed by atoms with van der Waals surface area (Å²) in [5.74, 6) is -0.185. The Morgan fingerprint density at radius 3 is 2.00 bits per heavy atom. The molecule has 3 N–H and O–H groups in total. The number of rotatable bonds is 6. The van der Waals surface area contributed by atoms with E-state index in [1.807, 2.05) is 34.6 Å². The van der Waals surface area contributed by atoms with E-state index in [0.717, 1.165) is 16.7 Å². The van der Waals surface area contributed by atoms with Crippen LogP contribution >= 0.6 is 11.8 Å². The number of hydrogen-bond donors (Lipinski definition) is 3. The van der Waals surface area contributed by atoms with E-state index in [4.69, 9.17) is 0 Å². The van der Waals surface area contributed by atoms with Gasteiger partial charge in [0.1, 0.15) is 5.75 Å². The number of amides is 2. The van der Waals surface area contributed by atoms with E-state index in [9.17, 15) is 14.7 Å². The molecule has 6 heteroatoms. The zero-order valence-corrected chi connectivity index (χ0v) is 16.4. The summed E-state index contributed by atoms with van der Waals surface area (Å²) in [6.07, 6.45) is 0. The third kappa shape index (κ3) is 6.66. The van der Waals surface area contributed by atoms with Crippen LogP contribution < -0.4 is 10.6 Å². The van der Waals surface area contributed by atoms with Crippen LogP contribution in [0.1, 0.15) is 53.1 Å². The standard InChI is InChI=1S/C19H26N2O3S/c1-11(2)17(25-19(12(3)4)21-14(6)22)18(24)20-13(5)15-7-9-16(23)10-8-15/h7-10,13,23H,1-6H3,(H,20,24)(H,21,22). The van der Waals surface area contributed by atoms with Gasteiger partial charge in [-0.1, -0.05) is 29.5 Å². The minimum atomic E-state index is -0.209. The van der Waals surface area contributed by atoms with E-state index in [1.165, 1.54) is 18.7 Å². The highest BCUT2D eigenvalue weighted by Gasteiger charge is 2.18. The van der Waals surface area contributed by atoms with Crippen molar-refractivity contribution in [3.8, 4) is 5.75 Å². The van der Waals surface area contributed by atoms with Crippen molar-refractivity contribution in [1.29, 1.82) is 0 Å². The maximum absolute atomic E-state index is 12.7. The Bertz CT molecular complexity index is 698. The minimum Gasteiger partial charge on any atom is -0.508 e. The summed E-state index contributed by atoms with van der Waals surface area (Å²) in [7, 11) is 0. The number of phenolic OH excluding ortho intramolecular Hbond substituents is 1. The molecule has 0 fully saturated rings. The fourth-order valence-electron chi connectivity index (χ4n) is 2.00. The lowest BCUT2D eigenvalue weighted by atomic mass is 10.1. The summed E-state index contributed by atoms with van der Waals surface area (Å²) < 4.78 is 0.